The van der Waals surface area contributed by atoms with E-state index in [1.54, 1.807) is 6.92 Å². The minimum Gasteiger partial charge on any atom is -0.462 e. The van der Waals surface area contributed by atoms with E-state index in [0.29, 0.717) is 24.4 Å². The Balaban J connectivity index is 1.02. The van der Waals surface area contributed by atoms with Gasteiger partial charge in [0, 0.05) is 25.7 Å². The van der Waals surface area contributed by atoms with E-state index in [9.17, 15) is 19.8 Å². The highest BCUT2D eigenvalue weighted by atomic mass is 16.8. The number of fused-ring (bicyclic) bond motifs is 6. The van der Waals surface area contributed by atoms with Crippen molar-refractivity contribution in [2.45, 2.75) is 167 Å². The number of ether oxygens (including phenoxy) is 7. The van der Waals surface area contributed by atoms with Crippen LogP contribution >= 0.6 is 0 Å². The lowest BCUT2D eigenvalue weighted by Gasteiger charge is -2.65. The maximum Gasteiger partial charge on any atom is 0.303 e. The maximum absolute atomic E-state index is 12.9. The normalized spacial score (nSPS) is 59.6. The monoisotopic (exact) mass is 702 g/mol. The molecule has 50 heavy (non-hydrogen) atoms. The Hall–Kier alpha value is -1.34. The number of aliphatic hydroxyl groups excluding tert-OH is 2. The summed E-state index contributed by atoms with van der Waals surface area (Å²) in [7, 11) is 0. The third-order valence-electron chi connectivity index (χ3n) is 16.9. The highest BCUT2D eigenvalue weighted by Gasteiger charge is 2.86. The summed E-state index contributed by atoms with van der Waals surface area (Å²) in [4.78, 5) is 24.9. The second-order valence-corrected chi connectivity index (χ2v) is 19.5. The number of epoxide rings is 1. The molecule has 4 saturated heterocycles. The predicted octanol–water partition coefficient (Wildman–Crippen LogP) is 4.28. The lowest BCUT2D eigenvalue weighted by molar-refractivity contribution is -0.309. The maximum atomic E-state index is 12.9. The van der Waals surface area contributed by atoms with Crippen LogP contribution in [-0.2, 0) is 42.7 Å². The highest BCUT2D eigenvalue weighted by Crippen LogP contribution is 2.89. The summed E-state index contributed by atoms with van der Waals surface area (Å²) in [5, 5.41) is 21.0. The molecular weight excluding hydrogens is 644 g/mol. The summed E-state index contributed by atoms with van der Waals surface area (Å²) in [6.45, 7) is 17.4. The lowest BCUT2D eigenvalue weighted by atomic mass is 9.41. The molecule has 9 aliphatic rings. The topological polar surface area (TPSA) is 143 Å². The largest absolute Gasteiger partial charge is 0.462 e. The first-order valence-corrected chi connectivity index (χ1v) is 19.3. The Bertz CT molecular complexity index is 1470. The van der Waals surface area contributed by atoms with Gasteiger partial charge in [0.1, 0.15) is 30.0 Å². The van der Waals surface area contributed by atoms with Crippen LogP contribution in [0.5, 0.6) is 0 Å². The number of aliphatic hydroxyl groups is 2. The van der Waals surface area contributed by atoms with Crippen LogP contribution in [0.2, 0.25) is 0 Å². The summed E-state index contributed by atoms with van der Waals surface area (Å²) in [6, 6.07) is 0. The van der Waals surface area contributed by atoms with E-state index in [1.165, 1.54) is 6.92 Å². The molecule has 0 aromatic rings. The molecule has 0 unspecified atom stereocenters. The zero-order chi connectivity index (χ0) is 35.6. The number of carbonyl (C=O) groups is 2. The molecule has 0 amide bonds. The molecular formula is C39H58O11. The van der Waals surface area contributed by atoms with Crippen molar-refractivity contribution < 1.29 is 53.0 Å². The van der Waals surface area contributed by atoms with Gasteiger partial charge in [0.2, 0.25) is 0 Å². The molecule has 0 bridgehead atoms. The minimum absolute atomic E-state index is 0.0102. The van der Waals surface area contributed by atoms with Gasteiger partial charge in [-0.05, 0) is 97.2 Å². The van der Waals surface area contributed by atoms with Gasteiger partial charge >= 0.3 is 11.9 Å². The summed E-state index contributed by atoms with van der Waals surface area (Å²) in [5.74, 6) is -0.0224. The first-order valence-electron chi connectivity index (χ1n) is 19.3. The molecule has 0 radical (unpaired) electrons. The van der Waals surface area contributed by atoms with E-state index in [-0.39, 0.29) is 75.6 Å². The van der Waals surface area contributed by atoms with Crippen LogP contribution < -0.4 is 0 Å². The summed E-state index contributed by atoms with van der Waals surface area (Å²) < 4.78 is 44.2. The second-order valence-electron chi connectivity index (χ2n) is 19.5. The quantitative estimate of drug-likeness (QED) is 0.246. The summed E-state index contributed by atoms with van der Waals surface area (Å²) in [5.41, 5.74) is -0.640. The molecule has 5 aliphatic carbocycles. The number of hydrogen-bond acceptors (Lipinski definition) is 11. The van der Waals surface area contributed by atoms with Crippen LogP contribution in [-0.4, -0.2) is 95.8 Å². The molecule has 0 aromatic carbocycles. The fourth-order valence-electron chi connectivity index (χ4n) is 14.9. The van der Waals surface area contributed by atoms with Crippen LogP contribution in [0.25, 0.3) is 0 Å². The molecule has 0 aromatic heterocycles. The average Bonchev–Trinajstić information content (AvgIpc) is 3.85. The number of esters is 2. The van der Waals surface area contributed by atoms with Crippen LogP contribution in [0.15, 0.2) is 0 Å². The first kappa shape index (κ1) is 34.4. The molecule has 280 valence electrons. The van der Waals surface area contributed by atoms with Gasteiger partial charge in [-0.2, -0.15) is 0 Å². The highest BCUT2D eigenvalue weighted by molar-refractivity contribution is 5.66. The fraction of sp³-hybridized carbons (Fsp3) is 0.949. The Kier molecular flexibility index (Phi) is 7.19. The van der Waals surface area contributed by atoms with Crippen LogP contribution in [0.3, 0.4) is 0 Å². The number of rotatable bonds is 4. The molecule has 4 heterocycles. The van der Waals surface area contributed by atoms with Gasteiger partial charge < -0.3 is 43.4 Å². The molecule has 9 rings (SSSR count). The van der Waals surface area contributed by atoms with E-state index in [4.69, 9.17) is 33.2 Å². The van der Waals surface area contributed by atoms with Crippen molar-refractivity contribution in [2.24, 2.45) is 50.7 Å². The molecule has 4 aliphatic heterocycles. The molecule has 9 fully saturated rings. The van der Waals surface area contributed by atoms with Crippen LogP contribution in [0.4, 0.5) is 0 Å². The summed E-state index contributed by atoms with van der Waals surface area (Å²) >= 11 is 0. The van der Waals surface area contributed by atoms with Gasteiger partial charge in [-0.1, -0.05) is 34.6 Å². The fourth-order valence-corrected chi connectivity index (χ4v) is 14.9. The van der Waals surface area contributed by atoms with E-state index >= 15 is 0 Å². The molecule has 11 nitrogen and oxygen atoms in total. The van der Waals surface area contributed by atoms with Crippen molar-refractivity contribution >= 4 is 11.9 Å². The SMILES string of the molecule is CC(=O)O[C@H]1[C@H](O[C@H]2CC[C@]34C[C@]35C[C@@H](OC(C)=O)[C@]3(C)[C@H]6[C@H](C)C[C@]7(OC[C@@]8(C)O[C@@H]78)O[C@H]6C[C@@]3(C)[C@@H]5CC[C@@H]4C2(C)C)OC[C@@H](O)[C@@H]1O. The lowest BCUT2D eigenvalue weighted by Crippen LogP contribution is -2.64. The Morgan fingerprint density at radius 1 is 0.840 bits per heavy atom. The first-order chi connectivity index (χ1) is 23.4. The van der Waals surface area contributed by atoms with Gasteiger partial charge in [-0.3, -0.25) is 9.59 Å². The predicted molar refractivity (Wildman–Crippen MR) is 176 cm³/mol. The van der Waals surface area contributed by atoms with Crippen LogP contribution in [0.1, 0.15) is 107 Å². The zero-order valence-corrected chi connectivity index (χ0v) is 31.1. The van der Waals surface area contributed by atoms with Crippen molar-refractivity contribution in [3.8, 4) is 0 Å². The number of hydrogen-bond donors (Lipinski definition) is 2. The van der Waals surface area contributed by atoms with E-state index in [1.807, 2.05) is 0 Å². The number of carbonyl (C=O) groups excluding carboxylic acids is 2. The van der Waals surface area contributed by atoms with Gasteiger partial charge in [0.05, 0.1) is 25.4 Å². The Morgan fingerprint density at radius 3 is 2.22 bits per heavy atom. The van der Waals surface area contributed by atoms with Gasteiger partial charge in [-0.15, -0.1) is 0 Å². The standard InChI is InChI=1S/C39H58O11/c1-19-13-39(32-35(7,50-32)18-45-39)49-23-14-34(6)25-10-9-24-33(4,5)26(48-31-30(47-21(3)41)29(43)22(42)16-44-31)11-12-37(24)17-38(25,37)15-27(46-20(2)40)36(34,8)28(19)23/h19,22-32,42-43H,9-18H2,1-8H3/t19-,22-,23+,24-,25+,26+,27-,28+,29+,30-,31+,32-,34+,35-,36-,37-,38+,39+/m1/s1. The van der Waals surface area contributed by atoms with Crippen molar-refractivity contribution in [2.75, 3.05) is 13.2 Å². The van der Waals surface area contributed by atoms with Gasteiger partial charge in [0.15, 0.2) is 18.2 Å². The van der Waals surface area contributed by atoms with Crippen molar-refractivity contribution in [3.05, 3.63) is 0 Å². The van der Waals surface area contributed by atoms with E-state index in [0.717, 1.165) is 51.4 Å². The van der Waals surface area contributed by atoms with Crippen LogP contribution in [0, 0.1) is 50.7 Å². The van der Waals surface area contributed by atoms with E-state index in [2.05, 4.69) is 41.5 Å². The Morgan fingerprint density at radius 2 is 1.56 bits per heavy atom. The van der Waals surface area contributed by atoms with Crippen molar-refractivity contribution in [1.82, 2.24) is 0 Å². The Labute approximate surface area is 295 Å². The van der Waals surface area contributed by atoms with Gasteiger partial charge in [0.25, 0.3) is 0 Å². The molecule has 11 heteroatoms. The third kappa shape index (κ3) is 4.17. The smallest absolute Gasteiger partial charge is 0.303 e. The van der Waals surface area contributed by atoms with E-state index < -0.39 is 36.4 Å². The molecule has 2 N–H and O–H groups in total. The molecule has 5 saturated carbocycles. The summed E-state index contributed by atoms with van der Waals surface area (Å²) in [6.07, 6.45) is 2.81. The second kappa shape index (κ2) is 10.4. The third-order valence-corrected chi connectivity index (χ3v) is 16.9. The molecule has 3 spiro atoms. The minimum atomic E-state index is -1.29. The van der Waals surface area contributed by atoms with Gasteiger partial charge in [-0.25, -0.2) is 0 Å². The molecule has 18 atom stereocenters. The van der Waals surface area contributed by atoms with Crippen molar-refractivity contribution in [3.63, 3.8) is 0 Å². The zero-order valence-electron chi connectivity index (χ0n) is 31.1. The average molecular weight is 703 g/mol. The van der Waals surface area contributed by atoms with Crippen molar-refractivity contribution in [1.29, 1.82) is 0 Å².